The Bertz CT molecular complexity index is 390. The van der Waals surface area contributed by atoms with Crippen molar-refractivity contribution in [1.29, 1.82) is 0 Å². The molecule has 1 heterocycles. The summed E-state index contributed by atoms with van der Waals surface area (Å²) < 4.78 is 10.8. The largest absolute Gasteiger partial charge is 0.496 e. The molecule has 0 saturated heterocycles. The summed E-state index contributed by atoms with van der Waals surface area (Å²) in [6.45, 7) is 4.36. The van der Waals surface area contributed by atoms with Crippen LogP contribution in [0.4, 0.5) is 0 Å². The van der Waals surface area contributed by atoms with Crippen molar-refractivity contribution >= 4 is 0 Å². The quantitative estimate of drug-likeness (QED) is 0.831. The van der Waals surface area contributed by atoms with Gasteiger partial charge in [0.2, 0.25) is 0 Å². The summed E-state index contributed by atoms with van der Waals surface area (Å²) in [4.78, 5) is 0. The number of benzene rings is 1. The Hall–Kier alpha value is -1.22. The molecule has 1 aliphatic rings. The van der Waals surface area contributed by atoms with E-state index in [1.54, 1.807) is 14.2 Å². The van der Waals surface area contributed by atoms with Crippen molar-refractivity contribution in [2.75, 3.05) is 14.2 Å². The van der Waals surface area contributed by atoms with Gasteiger partial charge in [0.25, 0.3) is 0 Å². The fourth-order valence-electron chi connectivity index (χ4n) is 2.55. The number of ether oxygens (including phenoxy) is 2. The maximum absolute atomic E-state index is 5.43. The van der Waals surface area contributed by atoms with Gasteiger partial charge in [0.05, 0.1) is 14.2 Å². The fourth-order valence-corrected chi connectivity index (χ4v) is 2.55. The van der Waals surface area contributed by atoms with Gasteiger partial charge >= 0.3 is 0 Å². The molecule has 16 heavy (non-hydrogen) atoms. The minimum Gasteiger partial charge on any atom is -0.496 e. The lowest BCUT2D eigenvalue weighted by Crippen LogP contribution is -2.36. The molecule has 0 saturated carbocycles. The molecule has 88 valence electrons. The van der Waals surface area contributed by atoms with Crippen LogP contribution >= 0.6 is 0 Å². The van der Waals surface area contributed by atoms with Gasteiger partial charge in [-0.15, -0.1) is 0 Å². The summed E-state index contributed by atoms with van der Waals surface area (Å²) in [6, 6.07) is 4.75. The third-order valence-corrected chi connectivity index (χ3v) is 3.19. The molecule has 3 nitrogen and oxygen atoms in total. The standard InChI is InChI=1S/C13H19NO2/c1-8-7-10-11(15-3)5-6-12(16-4)13(10)9(2)14-8/h5-6,8-9,14H,7H2,1-4H3. The van der Waals surface area contributed by atoms with Crippen LogP contribution in [0.15, 0.2) is 12.1 Å². The first-order valence-corrected chi connectivity index (χ1v) is 5.67. The van der Waals surface area contributed by atoms with E-state index in [1.165, 1.54) is 11.1 Å². The van der Waals surface area contributed by atoms with E-state index < -0.39 is 0 Å². The molecular formula is C13H19NO2. The van der Waals surface area contributed by atoms with Crippen LogP contribution in [0.2, 0.25) is 0 Å². The molecule has 0 bridgehead atoms. The minimum absolute atomic E-state index is 0.309. The highest BCUT2D eigenvalue weighted by atomic mass is 16.5. The molecule has 1 aromatic carbocycles. The lowest BCUT2D eigenvalue weighted by Gasteiger charge is -2.31. The highest BCUT2D eigenvalue weighted by Crippen LogP contribution is 2.38. The van der Waals surface area contributed by atoms with Crippen molar-refractivity contribution in [2.24, 2.45) is 0 Å². The van der Waals surface area contributed by atoms with E-state index in [0.29, 0.717) is 12.1 Å². The number of nitrogens with one attached hydrogen (secondary N) is 1. The molecule has 0 amide bonds. The summed E-state index contributed by atoms with van der Waals surface area (Å²) in [5, 5.41) is 3.53. The van der Waals surface area contributed by atoms with Crippen LogP contribution in [0.25, 0.3) is 0 Å². The number of rotatable bonds is 2. The van der Waals surface area contributed by atoms with Crippen LogP contribution in [0.5, 0.6) is 11.5 Å². The molecule has 0 aliphatic carbocycles. The van der Waals surface area contributed by atoms with Crippen LogP contribution in [0.1, 0.15) is 31.0 Å². The second-order valence-electron chi connectivity index (χ2n) is 4.36. The Labute approximate surface area is 96.8 Å². The van der Waals surface area contributed by atoms with Crippen LogP contribution in [-0.4, -0.2) is 20.3 Å². The van der Waals surface area contributed by atoms with Crippen molar-refractivity contribution < 1.29 is 9.47 Å². The average molecular weight is 221 g/mol. The van der Waals surface area contributed by atoms with Crippen LogP contribution in [-0.2, 0) is 6.42 Å². The lowest BCUT2D eigenvalue weighted by atomic mass is 9.90. The molecule has 0 radical (unpaired) electrons. The van der Waals surface area contributed by atoms with Crippen molar-refractivity contribution in [3.05, 3.63) is 23.3 Å². The molecule has 0 aromatic heterocycles. The van der Waals surface area contributed by atoms with Crippen LogP contribution < -0.4 is 14.8 Å². The Morgan fingerprint density at radius 1 is 1.12 bits per heavy atom. The highest BCUT2D eigenvalue weighted by Gasteiger charge is 2.26. The van der Waals surface area contributed by atoms with E-state index in [-0.39, 0.29) is 0 Å². The maximum atomic E-state index is 5.43. The first kappa shape index (κ1) is 11.3. The monoisotopic (exact) mass is 221 g/mol. The molecule has 2 rings (SSSR count). The molecular weight excluding hydrogens is 202 g/mol. The molecule has 1 aliphatic heterocycles. The zero-order valence-corrected chi connectivity index (χ0v) is 10.3. The summed E-state index contributed by atoms with van der Waals surface area (Å²) in [7, 11) is 3.44. The summed E-state index contributed by atoms with van der Waals surface area (Å²) >= 11 is 0. The van der Waals surface area contributed by atoms with Gasteiger partial charge in [0, 0.05) is 23.2 Å². The van der Waals surface area contributed by atoms with Crippen molar-refractivity contribution in [1.82, 2.24) is 5.32 Å². The van der Waals surface area contributed by atoms with Crippen molar-refractivity contribution in [3.63, 3.8) is 0 Å². The summed E-state index contributed by atoms with van der Waals surface area (Å²) in [5.41, 5.74) is 2.51. The Morgan fingerprint density at radius 3 is 2.38 bits per heavy atom. The van der Waals surface area contributed by atoms with Crippen LogP contribution in [0, 0.1) is 0 Å². The minimum atomic E-state index is 0.309. The molecule has 0 fully saturated rings. The number of hydrogen-bond acceptors (Lipinski definition) is 3. The second kappa shape index (κ2) is 4.34. The van der Waals surface area contributed by atoms with E-state index >= 15 is 0 Å². The zero-order chi connectivity index (χ0) is 11.7. The number of hydrogen-bond donors (Lipinski definition) is 1. The predicted octanol–water partition coefficient (Wildman–Crippen LogP) is 2.30. The predicted molar refractivity (Wildman–Crippen MR) is 64.3 cm³/mol. The summed E-state index contributed by atoms with van der Waals surface area (Å²) in [5.74, 6) is 1.92. The Morgan fingerprint density at radius 2 is 1.75 bits per heavy atom. The van der Waals surface area contributed by atoms with Gasteiger partial charge in [-0.05, 0) is 32.4 Å². The first-order valence-electron chi connectivity index (χ1n) is 5.67. The number of methoxy groups -OCH3 is 2. The van der Waals surface area contributed by atoms with E-state index in [2.05, 4.69) is 19.2 Å². The number of fused-ring (bicyclic) bond motifs is 1. The second-order valence-corrected chi connectivity index (χ2v) is 4.36. The zero-order valence-electron chi connectivity index (χ0n) is 10.3. The van der Waals surface area contributed by atoms with Crippen molar-refractivity contribution in [3.8, 4) is 11.5 Å². The third-order valence-electron chi connectivity index (χ3n) is 3.19. The smallest absolute Gasteiger partial charge is 0.124 e. The van der Waals surface area contributed by atoms with Gasteiger partial charge in [0.15, 0.2) is 0 Å². The fraction of sp³-hybridized carbons (Fsp3) is 0.538. The maximum Gasteiger partial charge on any atom is 0.124 e. The topological polar surface area (TPSA) is 30.5 Å². The Balaban J connectivity index is 2.56. The van der Waals surface area contributed by atoms with E-state index in [1.807, 2.05) is 12.1 Å². The van der Waals surface area contributed by atoms with Gasteiger partial charge < -0.3 is 14.8 Å². The lowest BCUT2D eigenvalue weighted by molar-refractivity contribution is 0.364. The molecule has 1 aromatic rings. The summed E-state index contributed by atoms with van der Waals surface area (Å²) in [6.07, 6.45) is 0.986. The van der Waals surface area contributed by atoms with E-state index in [9.17, 15) is 0 Å². The van der Waals surface area contributed by atoms with Crippen LogP contribution in [0.3, 0.4) is 0 Å². The third kappa shape index (κ3) is 1.76. The Kier molecular flexibility index (Phi) is 3.06. The van der Waals surface area contributed by atoms with E-state index in [4.69, 9.17) is 9.47 Å². The SMILES string of the molecule is COc1ccc(OC)c2c1CC(C)NC2C. The highest BCUT2D eigenvalue weighted by molar-refractivity contribution is 5.51. The normalized spacial score (nSPS) is 23.8. The molecule has 2 atom stereocenters. The molecule has 3 heteroatoms. The van der Waals surface area contributed by atoms with Crippen molar-refractivity contribution in [2.45, 2.75) is 32.4 Å². The average Bonchev–Trinajstić information content (AvgIpc) is 2.27. The molecule has 0 spiro atoms. The van der Waals surface area contributed by atoms with E-state index in [0.717, 1.165) is 17.9 Å². The van der Waals surface area contributed by atoms with Gasteiger partial charge in [0.1, 0.15) is 11.5 Å². The molecule has 1 N–H and O–H groups in total. The molecule has 2 unspecified atom stereocenters. The van der Waals surface area contributed by atoms with Gasteiger partial charge in [-0.25, -0.2) is 0 Å². The van der Waals surface area contributed by atoms with Gasteiger partial charge in [-0.3, -0.25) is 0 Å². The first-order chi connectivity index (χ1) is 7.67. The van der Waals surface area contributed by atoms with Gasteiger partial charge in [-0.1, -0.05) is 0 Å². The van der Waals surface area contributed by atoms with Gasteiger partial charge in [-0.2, -0.15) is 0 Å².